The fourth-order valence-corrected chi connectivity index (χ4v) is 3.93. The van der Waals surface area contributed by atoms with Gasteiger partial charge in [0.2, 0.25) is 0 Å². The molecule has 6 heteroatoms. The zero-order valence-corrected chi connectivity index (χ0v) is 18.7. The lowest BCUT2D eigenvalue weighted by atomic mass is 10.1. The lowest BCUT2D eigenvalue weighted by Gasteiger charge is -2.30. The first-order valence-corrected chi connectivity index (χ1v) is 11.2. The molecule has 3 rings (SSSR count). The summed E-state index contributed by atoms with van der Waals surface area (Å²) in [6.07, 6.45) is 1.75. The number of nitrogens with one attached hydrogen (secondary N) is 1. The van der Waals surface area contributed by atoms with E-state index in [1.165, 1.54) is 11.1 Å². The number of rotatable bonds is 11. The Balaban J connectivity index is 1.43. The Morgan fingerprint density at radius 1 is 1.13 bits per heavy atom. The van der Waals surface area contributed by atoms with Crippen LogP contribution in [0.2, 0.25) is 0 Å². The van der Waals surface area contributed by atoms with Gasteiger partial charge in [0.25, 0.3) is 0 Å². The predicted octanol–water partition coefficient (Wildman–Crippen LogP) is 2.53. The zero-order chi connectivity index (χ0) is 22.1. The lowest BCUT2D eigenvalue weighted by Crippen LogP contribution is -2.41. The molecule has 2 aromatic carbocycles. The minimum Gasteiger partial charge on any atom is -0.493 e. The van der Waals surface area contributed by atoms with Gasteiger partial charge in [-0.25, -0.2) is 0 Å². The number of aryl methyl sites for hydroxylation is 1. The fourth-order valence-electron chi connectivity index (χ4n) is 3.93. The number of nitrogens with zero attached hydrogens (tertiary/aromatic N) is 1. The third-order valence-electron chi connectivity index (χ3n) is 5.85. The Kier molecular flexibility index (Phi) is 9.15. The van der Waals surface area contributed by atoms with Gasteiger partial charge in [-0.3, -0.25) is 0 Å². The van der Waals surface area contributed by atoms with Gasteiger partial charge in [-0.2, -0.15) is 0 Å². The van der Waals surface area contributed by atoms with E-state index in [4.69, 9.17) is 9.47 Å². The number of piperidine rings is 1. The van der Waals surface area contributed by atoms with Crippen LogP contribution in [0, 0.1) is 6.92 Å². The standard InChI is InChI=1S/C25H36N2O4/c1-19-5-3-4-6-21(19)9-12-26-16-20-7-8-24(25(15-20)30-2)31-18-23(29)17-27-13-10-22(28)11-14-27/h3-8,15,22-23,26,28-29H,9-14,16-18H2,1-2H3/t23-/m1/s1. The number of hydrogen-bond acceptors (Lipinski definition) is 6. The summed E-state index contributed by atoms with van der Waals surface area (Å²) in [5, 5.41) is 23.4. The quantitative estimate of drug-likeness (QED) is 0.478. The molecule has 1 fully saturated rings. The van der Waals surface area contributed by atoms with E-state index in [2.05, 4.69) is 41.4 Å². The van der Waals surface area contributed by atoms with Crippen LogP contribution in [-0.4, -0.2) is 67.2 Å². The van der Waals surface area contributed by atoms with Crippen molar-refractivity contribution in [3.8, 4) is 11.5 Å². The number of β-amino-alcohol motifs (C(OH)–C–C–N with tert-alkyl or cyclic N) is 1. The van der Waals surface area contributed by atoms with Gasteiger partial charge in [0, 0.05) is 26.2 Å². The summed E-state index contributed by atoms with van der Waals surface area (Å²) in [5.41, 5.74) is 3.82. The second-order valence-electron chi connectivity index (χ2n) is 8.34. The number of benzene rings is 2. The van der Waals surface area contributed by atoms with Gasteiger partial charge in [-0.05, 0) is 61.6 Å². The molecule has 2 aromatic rings. The maximum absolute atomic E-state index is 10.3. The van der Waals surface area contributed by atoms with Crippen molar-refractivity contribution in [1.82, 2.24) is 10.2 Å². The molecular formula is C25H36N2O4. The van der Waals surface area contributed by atoms with E-state index >= 15 is 0 Å². The molecule has 0 bridgehead atoms. The Morgan fingerprint density at radius 2 is 1.90 bits per heavy atom. The summed E-state index contributed by atoms with van der Waals surface area (Å²) < 4.78 is 11.3. The monoisotopic (exact) mass is 428 g/mol. The van der Waals surface area contributed by atoms with E-state index in [0.717, 1.165) is 51.0 Å². The Labute approximate surface area is 185 Å². The highest BCUT2D eigenvalue weighted by Crippen LogP contribution is 2.28. The summed E-state index contributed by atoms with van der Waals surface area (Å²) in [4.78, 5) is 2.17. The van der Waals surface area contributed by atoms with Crippen LogP contribution in [0.4, 0.5) is 0 Å². The summed E-state index contributed by atoms with van der Waals surface area (Å²) in [7, 11) is 1.63. The number of ether oxygens (including phenoxy) is 2. The normalized spacial score (nSPS) is 16.3. The number of hydrogen-bond donors (Lipinski definition) is 3. The number of methoxy groups -OCH3 is 1. The molecule has 0 radical (unpaired) electrons. The molecule has 0 unspecified atom stereocenters. The van der Waals surface area contributed by atoms with Gasteiger partial charge in [-0.1, -0.05) is 30.3 Å². The highest BCUT2D eigenvalue weighted by atomic mass is 16.5. The first-order valence-electron chi connectivity index (χ1n) is 11.2. The van der Waals surface area contributed by atoms with Crippen molar-refractivity contribution >= 4 is 0 Å². The van der Waals surface area contributed by atoms with Crippen LogP contribution >= 0.6 is 0 Å². The van der Waals surface area contributed by atoms with Crippen molar-refractivity contribution in [2.24, 2.45) is 0 Å². The van der Waals surface area contributed by atoms with Crippen LogP contribution < -0.4 is 14.8 Å². The van der Waals surface area contributed by atoms with Crippen molar-refractivity contribution in [3.05, 3.63) is 59.2 Å². The third-order valence-corrected chi connectivity index (χ3v) is 5.85. The molecule has 1 saturated heterocycles. The molecule has 1 aliphatic rings. The average molecular weight is 429 g/mol. The summed E-state index contributed by atoms with van der Waals surface area (Å²) in [5.74, 6) is 1.31. The van der Waals surface area contributed by atoms with E-state index in [9.17, 15) is 10.2 Å². The Morgan fingerprint density at radius 3 is 2.65 bits per heavy atom. The van der Waals surface area contributed by atoms with Crippen molar-refractivity contribution in [2.75, 3.05) is 39.9 Å². The molecule has 6 nitrogen and oxygen atoms in total. The second-order valence-corrected chi connectivity index (χ2v) is 8.34. The van der Waals surface area contributed by atoms with Crippen molar-refractivity contribution in [1.29, 1.82) is 0 Å². The van der Waals surface area contributed by atoms with Crippen molar-refractivity contribution in [2.45, 2.75) is 44.9 Å². The molecule has 0 amide bonds. The minimum absolute atomic E-state index is 0.204. The van der Waals surface area contributed by atoms with E-state index < -0.39 is 6.10 Å². The average Bonchev–Trinajstić information content (AvgIpc) is 2.78. The fraction of sp³-hybridized carbons (Fsp3) is 0.520. The summed E-state index contributed by atoms with van der Waals surface area (Å²) >= 11 is 0. The van der Waals surface area contributed by atoms with E-state index in [1.54, 1.807) is 7.11 Å². The minimum atomic E-state index is -0.581. The Bertz CT molecular complexity index is 806. The first-order chi connectivity index (χ1) is 15.0. The first kappa shape index (κ1) is 23.5. The van der Waals surface area contributed by atoms with Crippen LogP contribution in [0.3, 0.4) is 0 Å². The highest BCUT2D eigenvalue weighted by Gasteiger charge is 2.20. The summed E-state index contributed by atoms with van der Waals surface area (Å²) in [6, 6.07) is 14.4. The summed E-state index contributed by atoms with van der Waals surface area (Å²) in [6.45, 7) is 6.20. The maximum atomic E-state index is 10.3. The molecule has 0 aliphatic carbocycles. The zero-order valence-electron chi connectivity index (χ0n) is 18.7. The molecule has 1 aliphatic heterocycles. The topological polar surface area (TPSA) is 74.2 Å². The van der Waals surface area contributed by atoms with Crippen LogP contribution in [0.5, 0.6) is 11.5 Å². The van der Waals surface area contributed by atoms with Gasteiger partial charge in [0.1, 0.15) is 12.7 Å². The molecular weight excluding hydrogens is 392 g/mol. The van der Waals surface area contributed by atoms with Crippen molar-refractivity contribution in [3.63, 3.8) is 0 Å². The van der Waals surface area contributed by atoms with Crippen LogP contribution in [0.15, 0.2) is 42.5 Å². The Hall–Kier alpha value is -2.12. The van der Waals surface area contributed by atoms with Crippen LogP contribution in [-0.2, 0) is 13.0 Å². The van der Waals surface area contributed by atoms with E-state index in [-0.39, 0.29) is 12.7 Å². The molecule has 0 saturated carbocycles. The molecule has 1 heterocycles. The molecule has 0 aromatic heterocycles. The van der Waals surface area contributed by atoms with Gasteiger partial charge < -0.3 is 29.9 Å². The molecule has 31 heavy (non-hydrogen) atoms. The van der Waals surface area contributed by atoms with E-state index in [0.29, 0.717) is 18.0 Å². The van der Waals surface area contributed by atoms with Gasteiger partial charge in [0.05, 0.1) is 13.2 Å². The van der Waals surface area contributed by atoms with Gasteiger partial charge in [-0.15, -0.1) is 0 Å². The molecule has 170 valence electrons. The van der Waals surface area contributed by atoms with Gasteiger partial charge >= 0.3 is 0 Å². The third kappa shape index (κ3) is 7.51. The number of aliphatic hydroxyl groups is 2. The van der Waals surface area contributed by atoms with Crippen LogP contribution in [0.1, 0.15) is 29.5 Å². The van der Waals surface area contributed by atoms with Gasteiger partial charge in [0.15, 0.2) is 11.5 Å². The number of aliphatic hydroxyl groups excluding tert-OH is 2. The van der Waals surface area contributed by atoms with E-state index in [1.807, 2.05) is 18.2 Å². The second kappa shape index (κ2) is 12.1. The van der Waals surface area contributed by atoms with Crippen LogP contribution in [0.25, 0.3) is 0 Å². The number of likely N-dealkylation sites (tertiary alicyclic amines) is 1. The highest BCUT2D eigenvalue weighted by molar-refractivity contribution is 5.43. The smallest absolute Gasteiger partial charge is 0.161 e. The lowest BCUT2D eigenvalue weighted by molar-refractivity contribution is 0.0333. The molecule has 3 N–H and O–H groups in total. The predicted molar refractivity (Wildman–Crippen MR) is 123 cm³/mol. The van der Waals surface area contributed by atoms with Crippen molar-refractivity contribution < 1.29 is 19.7 Å². The molecule has 1 atom stereocenters. The molecule has 0 spiro atoms. The largest absolute Gasteiger partial charge is 0.493 e. The maximum Gasteiger partial charge on any atom is 0.161 e. The SMILES string of the molecule is COc1cc(CNCCc2ccccc2C)ccc1OC[C@H](O)CN1CCC(O)CC1.